The van der Waals surface area contributed by atoms with E-state index < -0.39 is 0 Å². The normalized spacial score (nSPS) is 12.5. The monoisotopic (exact) mass is 340 g/mol. The van der Waals surface area contributed by atoms with Crippen LogP contribution in [0.5, 0.6) is 11.5 Å². The van der Waals surface area contributed by atoms with Crippen molar-refractivity contribution in [2.75, 3.05) is 14.2 Å². The molecule has 0 bridgehead atoms. The van der Waals surface area contributed by atoms with E-state index in [1.165, 1.54) is 26.4 Å². The summed E-state index contributed by atoms with van der Waals surface area (Å²) in [5, 5.41) is 9.24. The number of carbonyl (C=O) groups is 2. The summed E-state index contributed by atoms with van der Waals surface area (Å²) in [6.07, 6.45) is 3.51. The van der Waals surface area contributed by atoms with Crippen LogP contribution in [0.1, 0.15) is 0 Å². The molecule has 22 heavy (non-hydrogen) atoms. The zero-order valence-electron chi connectivity index (χ0n) is 11.6. The summed E-state index contributed by atoms with van der Waals surface area (Å²) >= 11 is 12.4. The first-order chi connectivity index (χ1) is 10.6. The third-order valence-electron chi connectivity index (χ3n) is 2.93. The molecule has 6 nitrogen and oxygen atoms in total. The summed E-state index contributed by atoms with van der Waals surface area (Å²) in [5.74, 6) is 0.428. The second-order valence-corrected chi connectivity index (χ2v) is 4.78. The molecule has 0 saturated carbocycles. The minimum Gasteiger partial charge on any atom is -0.494 e. The number of nitrogens with zero attached hydrogens (tertiary/aromatic N) is 2. The fraction of sp³-hybridized carbons (Fsp3) is 0.143. The minimum atomic E-state index is 0.110. The quantitative estimate of drug-likeness (QED) is 0.770. The summed E-state index contributed by atoms with van der Waals surface area (Å²) in [4.78, 5) is 21.6. The van der Waals surface area contributed by atoms with Gasteiger partial charge < -0.3 is 9.47 Å². The van der Waals surface area contributed by atoms with Gasteiger partial charge in [0.1, 0.15) is 44.8 Å². The Labute approximate surface area is 134 Å². The molecule has 8 heteroatoms. The van der Waals surface area contributed by atoms with Gasteiger partial charge in [0.05, 0.1) is 25.0 Å². The second kappa shape index (κ2) is 6.72. The third-order valence-corrected chi connectivity index (χ3v) is 3.75. The first kappa shape index (κ1) is 16.2. The Morgan fingerprint density at radius 3 is 1.45 bits per heavy atom. The molecule has 0 atom stereocenters. The Morgan fingerprint density at radius 2 is 1.18 bits per heavy atom. The molecule has 0 aliphatic carbocycles. The van der Waals surface area contributed by atoms with Gasteiger partial charge in [0.15, 0.2) is 0 Å². The number of ether oxygens (including phenoxy) is 2. The molecule has 114 valence electrons. The fourth-order valence-corrected chi connectivity index (χ4v) is 2.60. The van der Waals surface area contributed by atoms with Crippen molar-refractivity contribution < 1.29 is 19.1 Å². The fourth-order valence-electron chi connectivity index (χ4n) is 2.09. The standard InChI is InChI=1S/C14H10Cl2N2O4/c1-21-13-9-7(3-5-19)17-18-8(4-6-20)10(9)14(22-2)12(16)11(13)15/h3-6H,1-2H3/b7-3-,8-4-. The van der Waals surface area contributed by atoms with Crippen molar-refractivity contribution in [1.82, 2.24) is 10.2 Å². The molecule has 0 aliphatic rings. The van der Waals surface area contributed by atoms with Gasteiger partial charge in [0.2, 0.25) is 0 Å². The molecule has 1 heterocycles. The van der Waals surface area contributed by atoms with Crippen LogP contribution in [0.25, 0.3) is 22.9 Å². The van der Waals surface area contributed by atoms with Crippen molar-refractivity contribution in [2.24, 2.45) is 0 Å². The number of carbonyl (C=O) groups excluding carboxylic acids is 2. The van der Waals surface area contributed by atoms with Crippen LogP contribution in [0.4, 0.5) is 0 Å². The molecule has 0 spiro atoms. The summed E-state index contributed by atoms with van der Waals surface area (Å²) < 4.78 is 10.6. The van der Waals surface area contributed by atoms with Crippen molar-refractivity contribution in [3.63, 3.8) is 0 Å². The van der Waals surface area contributed by atoms with E-state index in [0.29, 0.717) is 23.3 Å². The van der Waals surface area contributed by atoms with Gasteiger partial charge in [-0.25, -0.2) is 0 Å². The van der Waals surface area contributed by atoms with Crippen molar-refractivity contribution in [3.8, 4) is 11.5 Å². The first-order valence-corrected chi connectivity index (χ1v) is 6.72. The number of hydrogen-bond acceptors (Lipinski definition) is 6. The maximum atomic E-state index is 10.8. The van der Waals surface area contributed by atoms with E-state index in [0.717, 1.165) is 0 Å². The van der Waals surface area contributed by atoms with Crippen LogP contribution in [0, 0.1) is 0 Å². The van der Waals surface area contributed by atoms with Crippen molar-refractivity contribution in [1.29, 1.82) is 0 Å². The zero-order chi connectivity index (χ0) is 16.3. The van der Waals surface area contributed by atoms with Gasteiger partial charge in [-0.15, -0.1) is 10.2 Å². The number of halogens is 2. The molecule has 0 fully saturated rings. The van der Waals surface area contributed by atoms with Gasteiger partial charge >= 0.3 is 0 Å². The predicted octanol–water partition coefficient (Wildman–Crippen LogP) is 0.913. The van der Waals surface area contributed by atoms with E-state index in [1.807, 2.05) is 0 Å². The largest absolute Gasteiger partial charge is 0.494 e. The van der Waals surface area contributed by atoms with E-state index in [-0.39, 0.29) is 32.2 Å². The number of methoxy groups -OCH3 is 2. The van der Waals surface area contributed by atoms with Crippen LogP contribution in [0.3, 0.4) is 0 Å². The number of aldehydes is 2. The van der Waals surface area contributed by atoms with Crippen LogP contribution in [-0.2, 0) is 9.59 Å². The summed E-state index contributed by atoms with van der Waals surface area (Å²) in [7, 11) is 2.80. The van der Waals surface area contributed by atoms with Crippen LogP contribution in [-0.4, -0.2) is 37.0 Å². The van der Waals surface area contributed by atoms with E-state index >= 15 is 0 Å². The van der Waals surface area contributed by atoms with Gasteiger partial charge in [0, 0.05) is 12.2 Å². The van der Waals surface area contributed by atoms with Gasteiger partial charge in [-0.2, -0.15) is 0 Å². The summed E-state index contributed by atoms with van der Waals surface area (Å²) in [5.41, 5.74) is 0. The van der Waals surface area contributed by atoms with Crippen LogP contribution >= 0.6 is 23.2 Å². The topological polar surface area (TPSA) is 78.4 Å². The smallest absolute Gasteiger partial charge is 0.149 e. The lowest BCUT2D eigenvalue weighted by atomic mass is 10.1. The molecule has 2 aromatic rings. The SMILES string of the molecule is COc1c(Cl)c(Cl)c(OC)c2/c(=C/C=O)nn/c(=C\C=O)c12. The second-order valence-electron chi connectivity index (χ2n) is 4.02. The zero-order valence-corrected chi connectivity index (χ0v) is 13.1. The number of aromatic nitrogens is 2. The van der Waals surface area contributed by atoms with Crippen molar-refractivity contribution in [3.05, 3.63) is 20.7 Å². The molecule has 0 aliphatic heterocycles. The Bertz CT molecular complexity index is 809. The van der Waals surface area contributed by atoms with Gasteiger partial charge in [-0.3, -0.25) is 9.59 Å². The molecule has 0 amide bonds. The average molecular weight is 341 g/mol. The highest BCUT2D eigenvalue weighted by Crippen LogP contribution is 2.43. The highest BCUT2D eigenvalue weighted by atomic mass is 35.5. The van der Waals surface area contributed by atoms with Gasteiger partial charge in [-0.05, 0) is 0 Å². The summed E-state index contributed by atoms with van der Waals surface area (Å²) in [6, 6.07) is 0. The molecule has 0 radical (unpaired) electrons. The lowest BCUT2D eigenvalue weighted by Gasteiger charge is -2.14. The number of hydrogen-bond donors (Lipinski definition) is 0. The highest BCUT2D eigenvalue weighted by molar-refractivity contribution is 6.45. The number of rotatable bonds is 4. The first-order valence-electron chi connectivity index (χ1n) is 5.97. The lowest BCUT2D eigenvalue weighted by Crippen LogP contribution is -2.22. The van der Waals surface area contributed by atoms with Crippen molar-refractivity contribution in [2.45, 2.75) is 0 Å². The minimum absolute atomic E-state index is 0.110. The molecule has 0 unspecified atom stereocenters. The Morgan fingerprint density at radius 1 is 0.818 bits per heavy atom. The maximum Gasteiger partial charge on any atom is 0.149 e. The Hall–Kier alpha value is -2.18. The molecule has 1 aromatic heterocycles. The highest BCUT2D eigenvalue weighted by Gasteiger charge is 2.21. The Kier molecular flexibility index (Phi) is 4.95. The van der Waals surface area contributed by atoms with E-state index in [2.05, 4.69) is 10.2 Å². The van der Waals surface area contributed by atoms with E-state index in [1.54, 1.807) is 0 Å². The molecule has 2 rings (SSSR count). The van der Waals surface area contributed by atoms with E-state index in [4.69, 9.17) is 32.7 Å². The maximum absolute atomic E-state index is 10.8. The van der Waals surface area contributed by atoms with Gasteiger partial charge in [0.25, 0.3) is 0 Å². The molecule has 0 N–H and O–H groups in total. The average Bonchev–Trinajstić information content (AvgIpc) is 2.52. The summed E-state index contributed by atoms with van der Waals surface area (Å²) in [6.45, 7) is 0. The predicted molar refractivity (Wildman–Crippen MR) is 83.0 cm³/mol. The van der Waals surface area contributed by atoms with Crippen molar-refractivity contribution >= 4 is 58.7 Å². The van der Waals surface area contributed by atoms with Gasteiger partial charge in [-0.1, -0.05) is 23.2 Å². The van der Waals surface area contributed by atoms with Crippen LogP contribution < -0.4 is 20.2 Å². The number of benzene rings is 1. The Balaban J connectivity index is 3.28. The lowest BCUT2D eigenvalue weighted by molar-refractivity contribution is -0.103. The molecule has 1 aromatic carbocycles. The van der Waals surface area contributed by atoms with Crippen LogP contribution in [0.15, 0.2) is 0 Å². The molecular formula is C14H10Cl2N2O4. The third kappa shape index (κ3) is 2.51. The number of fused-ring (bicyclic) bond motifs is 1. The van der Waals surface area contributed by atoms with E-state index in [9.17, 15) is 9.59 Å². The molecular weight excluding hydrogens is 331 g/mol. The van der Waals surface area contributed by atoms with Crippen LogP contribution in [0.2, 0.25) is 10.0 Å². The molecule has 0 saturated heterocycles.